The molecule has 3 aliphatic rings. The Balaban J connectivity index is 1.85. The molecule has 16 heavy (non-hydrogen) atoms. The third kappa shape index (κ3) is 1.07. The Hall–Kier alpha value is -0.980. The Labute approximate surface area is 97.5 Å². The van der Waals surface area contributed by atoms with Gasteiger partial charge in [0.1, 0.15) is 0 Å². The van der Waals surface area contributed by atoms with Crippen LogP contribution in [0.3, 0.4) is 0 Å². The highest BCUT2D eigenvalue weighted by atomic mass is 15.2. The van der Waals surface area contributed by atoms with Crippen LogP contribution < -0.4 is 4.90 Å². The first-order valence-electron chi connectivity index (χ1n) is 6.81. The van der Waals surface area contributed by atoms with E-state index in [0.717, 1.165) is 17.9 Å². The van der Waals surface area contributed by atoms with E-state index in [1.165, 1.54) is 38.6 Å². The van der Waals surface area contributed by atoms with Crippen LogP contribution in [0.5, 0.6) is 0 Å². The molecule has 0 N–H and O–H groups in total. The number of hydrogen-bond donors (Lipinski definition) is 0. The van der Waals surface area contributed by atoms with Gasteiger partial charge in [0.2, 0.25) is 0 Å². The van der Waals surface area contributed by atoms with E-state index in [4.69, 9.17) is 0 Å². The van der Waals surface area contributed by atoms with Crippen molar-refractivity contribution in [1.82, 2.24) is 0 Å². The Morgan fingerprint density at radius 2 is 1.88 bits per heavy atom. The number of benzene rings is 1. The molecule has 4 rings (SSSR count). The first-order valence-corrected chi connectivity index (χ1v) is 6.81. The van der Waals surface area contributed by atoms with Gasteiger partial charge in [-0.1, -0.05) is 24.6 Å². The van der Waals surface area contributed by atoms with E-state index in [1.54, 1.807) is 11.3 Å². The van der Waals surface area contributed by atoms with Crippen molar-refractivity contribution in [3.8, 4) is 0 Å². The van der Waals surface area contributed by atoms with Crippen molar-refractivity contribution in [1.29, 1.82) is 0 Å². The van der Waals surface area contributed by atoms with Crippen LogP contribution in [0, 0.1) is 5.92 Å². The molecule has 0 aromatic heterocycles. The van der Waals surface area contributed by atoms with E-state index >= 15 is 0 Å². The smallest absolute Gasteiger partial charge is 0.0405 e. The molecular weight excluding hydrogens is 194 g/mol. The standard InChI is InChI=1S/C15H19N/c1-2-9-14-12(7-1)13-8-3-5-11-6-4-10-16(14)15(11)13/h1-2,7,9,11,13,15H,3-6,8,10H2/t11-,13+,15-/m1/s1. The van der Waals surface area contributed by atoms with Crippen molar-refractivity contribution >= 4 is 5.69 Å². The molecule has 1 nitrogen and oxygen atoms in total. The summed E-state index contributed by atoms with van der Waals surface area (Å²) < 4.78 is 0. The number of para-hydroxylation sites is 1. The van der Waals surface area contributed by atoms with Crippen molar-refractivity contribution in [3.05, 3.63) is 29.8 Å². The van der Waals surface area contributed by atoms with Gasteiger partial charge in [-0.05, 0) is 43.2 Å². The van der Waals surface area contributed by atoms with Gasteiger partial charge in [-0.25, -0.2) is 0 Å². The van der Waals surface area contributed by atoms with Gasteiger partial charge in [0.25, 0.3) is 0 Å². The second-order valence-corrected chi connectivity index (χ2v) is 5.68. The molecule has 1 saturated heterocycles. The maximum Gasteiger partial charge on any atom is 0.0405 e. The molecule has 2 heterocycles. The van der Waals surface area contributed by atoms with Crippen molar-refractivity contribution in [3.63, 3.8) is 0 Å². The molecule has 0 unspecified atom stereocenters. The molecule has 1 aromatic carbocycles. The van der Waals surface area contributed by atoms with Gasteiger partial charge < -0.3 is 4.90 Å². The monoisotopic (exact) mass is 213 g/mol. The lowest BCUT2D eigenvalue weighted by Crippen LogP contribution is -2.46. The Kier molecular flexibility index (Phi) is 1.85. The highest BCUT2D eigenvalue weighted by molar-refractivity contribution is 5.62. The first kappa shape index (κ1) is 9.09. The van der Waals surface area contributed by atoms with Crippen LogP contribution >= 0.6 is 0 Å². The van der Waals surface area contributed by atoms with Crippen LogP contribution in [0.25, 0.3) is 0 Å². The Bertz CT molecular complexity index is 375. The van der Waals surface area contributed by atoms with E-state index in [1.807, 2.05) is 0 Å². The summed E-state index contributed by atoms with van der Waals surface area (Å²) in [5, 5.41) is 0. The highest BCUT2D eigenvalue weighted by Gasteiger charge is 2.45. The topological polar surface area (TPSA) is 3.24 Å². The van der Waals surface area contributed by atoms with Crippen molar-refractivity contribution in [2.24, 2.45) is 5.92 Å². The quantitative estimate of drug-likeness (QED) is 0.637. The highest BCUT2D eigenvalue weighted by Crippen LogP contribution is 2.52. The van der Waals surface area contributed by atoms with Gasteiger partial charge in [0.15, 0.2) is 0 Å². The zero-order valence-corrected chi connectivity index (χ0v) is 9.73. The summed E-state index contributed by atoms with van der Waals surface area (Å²) in [5.74, 6) is 1.84. The average molecular weight is 213 g/mol. The summed E-state index contributed by atoms with van der Waals surface area (Å²) in [5.41, 5.74) is 3.21. The molecule has 0 radical (unpaired) electrons. The van der Waals surface area contributed by atoms with E-state index in [9.17, 15) is 0 Å². The van der Waals surface area contributed by atoms with Crippen molar-refractivity contribution in [2.45, 2.75) is 44.1 Å². The lowest BCUT2D eigenvalue weighted by molar-refractivity contribution is 0.231. The average Bonchev–Trinajstić information content (AvgIpc) is 2.68. The fourth-order valence-electron chi connectivity index (χ4n) is 4.41. The zero-order chi connectivity index (χ0) is 10.5. The minimum Gasteiger partial charge on any atom is -0.367 e. The second-order valence-electron chi connectivity index (χ2n) is 5.68. The summed E-state index contributed by atoms with van der Waals surface area (Å²) >= 11 is 0. The molecule has 1 saturated carbocycles. The maximum atomic E-state index is 2.73. The number of hydrogen-bond acceptors (Lipinski definition) is 1. The summed E-state index contributed by atoms with van der Waals surface area (Å²) in [6.07, 6.45) is 7.24. The summed E-state index contributed by atoms with van der Waals surface area (Å²) in [6, 6.07) is 10.0. The molecule has 0 spiro atoms. The van der Waals surface area contributed by atoms with Gasteiger partial charge in [-0.2, -0.15) is 0 Å². The molecule has 1 aromatic rings. The van der Waals surface area contributed by atoms with Gasteiger partial charge in [0.05, 0.1) is 0 Å². The summed E-state index contributed by atoms with van der Waals surface area (Å²) in [7, 11) is 0. The lowest BCUT2D eigenvalue weighted by atomic mass is 9.72. The third-order valence-corrected chi connectivity index (χ3v) is 4.96. The number of nitrogens with zero attached hydrogens (tertiary/aromatic N) is 1. The van der Waals surface area contributed by atoms with Crippen molar-refractivity contribution in [2.75, 3.05) is 11.4 Å². The molecule has 1 aliphatic carbocycles. The molecule has 2 fully saturated rings. The molecule has 0 bridgehead atoms. The minimum atomic E-state index is 0.857. The number of rotatable bonds is 0. The Morgan fingerprint density at radius 1 is 1.00 bits per heavy atom. The van der Waals surface area contributed by atoms with Crippen LogP contribution in [-0.2, 0) is 0 Å². The van der Waals surface area contributed by atoms with E-state index < -0.39 is 0 Å². The molecule has 84 valence electrons. The van der Waals surface area contributed by atoms with Gasteiger partial charge in [0, 0.05) is 24.2 Å². The fourth-order valence-corrected chi connectivity index (χ4v) is 4.41. The SMILES string of the molecule is c1ccc2c(c1)[C@@H]1CCC[C@@H]3CCCN2[C@H]31. The third-order valence-electron chi connectivity index (χ3n) is 4.96. The molecule has 3 atom stereocenters. The van der Waals surface area contributed by atoms with E-state index in [-0.39, 0.29) is 0 Å². The fraction of sp³-hybridized carbons (Fsp3) is 0.600. The predicted molar refractivity (Wildman–Crippen MR) is 66.9 cm³/mol. The summed E-state index contributed by atoms with van der Waals surface area (Å²) in [4.78, 5) is 2.73. The second kappa shape index (κ2) is 3.26. The minimum absolute atomic E-state index is 0.857. The molecule has 0 amide bonds. The molecule has 1 heteroatoms. The zero-order valence-electron chi connectivity index (χ0n) is 9.73. The van der Waals surface area contributed by atoms with Gasteiger partial charge in [-0.15, -0.1) is 0 Å². The molecule has 2 aliphatic heterocycles. The lowest BCUT2D eigenvalue weighted by Gasteiger charge is -2.43. The summed E-state index contributed by atoms with van der Waals surface area (Å²) in [6.45, 7) is 1.30. The predicted octanol–water partition coefficient (Wildman–Crippen LogP) is 3.55. The maximum absolute atomic E-state index is 2.73. The van der Waals surface area contributed by atoms with Gasteiger partial charge in [-0.3, -0.25) is 0 Å². The van der Waals surface area contributed by atoms with E-state index in [0.29, 0.717) is 0 Å². The number of piperidine rings is 1. The number of fused-ring (bicyclic) bond motifs is 3. The Morgan fingerprint density at radius 3 is 2.88 bits per heavy atom. The number of anilines is 1. The normalized spacial score (nSPS) is 35.8. The van der Waals surface area contributed by atoms with Crippen molar-refractivity contribution < 1.29 is 0 Å². The van der Waals surface area contributed by atoms with E-state index in [2.05, 4.69) is 29.2 Å². The largest absolute Gasteiger partial charge is 0.367 e. The van der Waals surface area contributed by atoms with Crippen LogP contribution in [0.1, 0.15) is 43.6 Å². The van der Waals surface area contributed by atoms with Crippen LogP contribution in [0.15, 0.2) is 24.3 Å². The first-order chi connectivity index (χ1) is 7.95. The molecular formula is C15H19N. The van der Waals surface area contributed by atoms with Crippen LogP contribution in [0.2, 0.25) is 0 Å². The van der Waals surface area contributed by atoms with Crippen LogP contribution in [0.4, 0.5) is 5.69 Å². The van der Waals surface area contributed by atoms with Gasteiger partial charge >= 0.3 is 0 Å². The van der Waals surface area contributed by atoms with Crippen LogP contribution in [-0.4, -0.2) is 12.6 Å².